The van der Waals surface area contributed by atoms with Crippen molar-refractivity contribution in [2.24, 2.45) is 0 Å². The third-order valence-corrected chi connectivity index (χ3v) is 1.40. The molecule has 3 N–H and O–H groups in total. The van der Waals surface area contributed by atoms with Crippen LogP contribution in [0.1, 0.15) is 17.3 Å². The lowest BCUT2D eigenvalue weighted by molar-refractivity contribution is 0.0523. The minimum absolute atomic E-state index is 0.0364. The van der Waals surface area contributed by atoms with Crippen LogP contribution in [0.4, 0.5) is 5.82 Å². The van der Waals surface area contributed by atoms with Gasteiger partial charge in [0.2, 0.25) is 0 Å². The molecule has 0 aliphatic rings. The summed E-state index contributed by atoms with van der Waals surface area (Å²) < 4.78 is 4.68. The highest BCUT2D eigenvalue weighted by molar-refractivity contribution is 5.92. The fourth-order valence-electron chi connectivity index (χ4n) is 0.837. The Kier molecular flexibility index (Phi) is 2.69. The Hall–Kier alpha value is -1.78. The molecule has 0 bridgehead atoms. The second-order valence-electron chi connectivity index (χ2n) is 2.35. The zero-order valence-corrected chi connectivity index (χ0v) is 7.15. The van der Waals surface area contributed by atoms with Gasteiger partial charge in [-0.25, -0.2) is 9.78 Å². The summed E-state index contributed by atoms with van der Waals surface area (Å²) in [5, 5.41) is 9.21. The van der Waals surface area contributed by atoms with Crippen molar-refractivity contribution in [1.82, 2.24) is 4.98 Å². The third kappa shape index (κ3) is 2.08. The summed E-state index contributed by atoms with van der Waals surface area (Å²) in [6.07, 6.45) is 1.11. The van der Waals surface area contributed by atoms with E-state index in [1.807, 2.05) is 0 Å². The van der Waals surface area contributed by atoms with Gasteiger partial charge in [0.15, 0.2) is 0 Å². The zero-order chi connectivity index (χ0) is 9.84. The topological polar surface area (TPSA) is 85.4 Å². The number of anilines is 1. The molecule has 0 aliphatic carbocycles. The predicted octanol–water partition coefficient (Wildman–Crippen LogP) is 0.546. The van der Waals surface area contributed by atoms with Crippen molar-refractivity contribution in [3.8, 4) is 5.75 Å². The van der Waals surface area contributed by atoms with Gasteiger partial charge in [0.25, 0.3) is 0 Å². The first-order chi connectivity index (χ1) is 6.15. The number of nitrogen functional groups attached to an aromatic ring is 1. The van der Waals surface area contributed by atoms with Crippen molar-refractivity contribution in [2.75, 3.05) is 12.3 Å². The maximum absolute atomic E-state index is 11.2. The first-order valence-corrected chi connectivity index (χ1v) is 3.76. The van der Waals surface area contributed by atoms with Crippen molar-refractivity contribution in [3.63, 3.8) is 0 Å². The second kappa shape index (κ2) is 3.75. The van der Waals surface area contributed by atoms with Crippen molar-refractivity contribution >= 4 is 11.8 Å². The van der Waals surface area contributed by atoms with Crippen LogP contribution in [-0.4, -0.2) is 22.7 Å². The van der Waals surface area contributed by atoms with Crippen LogP contribution in [0.5, 0.6) is 5.75 Å². The van der Waals surface area contributed by atoms with Gasteiger partial charge in [-0.15, -0.1) is 0 Å². The van der Waals surface area contributed by atoms with E-state index in [1.54, 1.807) is 6.92 Å². The smallest absolute Gasteiger partial charge is 0.342 e. The molecule has 0 atom stereocenters. The SMILES string of the molecule is CCOC(=O)c1cc(N)ncc1O. The van der Waals surface area contributed by atoms with Crippen LogP contribution < -0.4 is 5.73 Å². The number of carbonyl (C=O) groups is 1. The number of nitrogens with zero attached hydrogens (tertiary/aromatic N) is 1. The molecule has 0 fully saturated rings. The minimum Gasteiger partial charge on any atom is -0.505 e. The number of aromatic nitrogens is 1. The molecular weight excluding hydrogens is 172 g/mol. The molecule has 1 rings (SSSR count). The minimum atomic E-state index is -0.603. The van der Waals surface area contributed by atoms with Crippen LogP contribution in [0.2, 0.25) is 0 Å². The van der Waals surface area contributed by atoms with Crippen molar-refractivity contribution in [2.45, 2.75) is 6.92 Å². The number of pyridine rings is 1. The fourth-order valence-corrected chi connectivity index (χ4v) is 0.837. The average molecular weight is 182 g/mol. The molecule has 5 nitrogen and oxygen atoms in total. The lowest BCUT2D eigenvalue weighted by atomic mass is 10.2. The van der Waals surface area contributed by atoms with Gasteiger partial charge in [-0.1, -0.05) is 0 Å². The van der Waals surface area contributed by atoms with Crippen LogP contribution >= 0.6 is 0 Å². The Balaban J connectivity index is 2.99. The average Bonchev–Trinajstić information content (AvgIpc) is 2.09. The molecule has 0 aromatic carbocycles. The molecular formula is C8H10N2O3. The fraction of sp³-hybridized carbons (Fsp3) is 0.250. The Morgan fingerprint density at radius 1 is 1.77 bits per heavy atom. The number of hydrogen-bond acceptors (Lipinski definition) is 5. The Morgan fingerprint density at radius 3 is 3.08 bits per heavy atom. The second-order valence-corrected chi connectivity index (χ2v) is 2.35. The number of esters is 1. The van der Waals surface area contributed by atoms with E-state index in [-0.39, 0.29) is 23.7 Å². The molecule has 1 aromatic rings. The predicted molar refractivity (Wildman–Crippen MR) is 46.3 cm³/mol. The van der Waals surface area contributed by atoms with Gasteiger partial charge in [0.1, 0.15) is 17.1 Å². The summed E-state index contributed by atoms with van der Waals surface area (Å²) >= 11 is 0. The van der Waals surface area contributed by atoms with Crippen LogP contribution in [0, 0.1) is 0 Å². The van der Waals surface area contributed by atoms with E-state index in [2.05, 4.69) is 9.72 Å². The molecule has 70 valence electrons. The van der Waals surface area contributed by atoms with E-state index in [0.29, 0.717) is 0 Å². The van der Waals surface area contributed by atoms with Crippen molar-refractivity contribution in [1.29, 1.82) is 0 Å². The first-order valence-electron chi connectivity index (χ1n) is 3.76. The quantitative estimate of drug-likeness (QED) is 0.652. The number of rotatable bonds is 2. The summed E-state index contributed by atoms with van der Waals surface area (Å²) in [4.78, 5) is 14.8. The highest BCUT2D eigenvalue weighted by atomic mass is 16.5. The molecule has 1 aromatic heterocycles. The summed E-state index contributed by atoms with van der Waals surface area (Å²) in [7, 11) is 0. The van der Waals surface area contributed by atoms with E-state index >= 15 is 0 Å². The maximum atomic E-state index is 11.2. The Morgan fingerprint density at radius 2 is 2.46 bits per heavy atom. The molecule has 0 radical (unpaired) electrons. The van der Waals surface area contributed by atoms with E-state index in [0.717, 1.165) is 6.20 Å². The first kappa shape index (κ1) is 9.31. The van der Waals surface area contributed by atoms with Gasteiger partial charge < -0.3 is 15.6 Å². The summed E-state index contributed by atoms with van der Waals surface area (Å²) in [6.45, 7) is 1.93. The van der Waals surface area contributed by atoms with E-state index in [9.17, 15) is 9.90 Å². The van der Waals surface area contributed by atoms with Crippen molar-refractivity contribution in [3.05, 3.63) is 17.8 Å². The van der Waals surface area contributed by atoms with Gasteiger partial charge in [0, 0.05) is 0 Å². The van der Waals surface area contributed by atoms with Crippen LogP contribution in [0.25, 0.3) is 0 Å². The number of carbonyl (C=O) groups excluding carboxylic acids is 1. The molecule has 0 amide bonds. The molecule has 0 saturated carbocycles. The van der Waals surface area contributed by atoms with Gasteiger partial charge in [0.05, 0.1) is 12.8 Å². The van der Waals surface area contributed by atoms with Gasteiger partial charge >= 0.3 is 5.97 Å². The summed E-state index contributed by atoms with van der Waals surface area (Å²) in [6, 6.07) is 1.27. The van der Waals surface area contributed by atoms with Gasteiger partial charge in [-0.3, -0.25) is 0 Å². The van der Waals surface area contributed by atoms with Crippen LogP contribution in [0.3, 0.4) is 0 Å². The highest BCUT2D eigenvalue weighted by Crippen LogP contribution is 2.17. The molecule has 0 unspecified atom stereocenters. The highest BCUT2D eigenvalue weighted by Gasteiger charge is 2.12. The molecule has 13 heavy (non-hydrogen) atoms. The Labute approximate surface area is 75.2 Å². The third-order valence-electron chi connectivity index (χ3n) is 1.40. The van der Waals surface area contributed by atoms with E-state index in [1.165, 1.54) is 6.07 Å². The van der Waals surface area contributed by atoms with Crippen LogP contribution in [-0.2, 0) is 4.74 Å². The molecule has 0 spiro atoms. The number of aromatic hydroxyl groups is 1. The van der Waals surface area contributed by atoms with Crippen molar-refractivity contribution < 1.29 is 14.6 Å². The monoisotopic (exact) mass is 182 g/mol. The molecule has 1 heterocycles. The van der Waals surface area contributed by atoms with Crippen LogP contribution in [0.15, 0.2) is 12.3 Å². The summed E-state index contributed by atoms with van der Waals surface area (Å²) in [5.41, 5.74) is 5.37. The lowest BCUT2D eigenvalue weighted by Crippen LogP contribution is -2.06. The largest absolute Gasteiger partial charge is 0.505 e. The van der Waals surface area contributed by atoms with Gasteiger partial charge in [-0.05, 0) is 13.0 Å². The lowest BCUT2D eigenvalue weighted by Gasteiger charge is -2.03. The number of hydrogen-bond donors (Lipinski definition) is 2. The standard InChI is InChI=1S/C8H10N2O3/c1-2-13-8(12)5-3-7(9)10-4-6(5)11/h3-4,11H,2H2,1H3,(H2,9,10). The van der Waals surface area contributed by atoms with E-state index in [4.69, 9.17) is 5.73 Å². The molecule has 0 aliphatic heterocycles. The zero-order valence-electron chi connectivity index (χ0n) is 7.15. The normalized spacial score (nSPS) is 9.62. The maximum Gasteiger partial charge on any atom is 0.342 e. The number of nitrogens with two attached hydrogens (primary N) is 1. The Bertz CT molecular complexity index is 325. The number of ether oxygens (including phenoxy) is 1. The molecule has 0 saturated heterocycles. The molecule has 5 heteroatoms. The van der Waals surface area contributed by atoms with Gasteiger partial charge in [-0.2, -0.15) is 0 Å². The van der Waals surface area contributed by atoms with E-state index < -0.39 is 5.97 Å². The summed E-state index contributed by atoms with van der Waals surface area (Å²) in [5.74, 6) is -0.664.